The third kappa shape index (κ3) is 3.20. The van der Waals surface area contributed by atoms with Gasteiger partial charge in [-0.25, -0.2) is 0 Å². The van der Waals surface area contributed by atoms with E-state index in [1.807, 2.05) is 0 Å². The number of nitrogens with zero attached hydrogens (tertiary/aromatic N) is 1. The largest absolute Gasteiger partial charge is 0.314 e. The minimum atomic E-state index is 0.684. The number of hydrogen-bond acceptors (Lipinski definition) is 2. The maximum Gasteiger partial charge on any atom is 0.0110 e. The molecule has 0 aromatic heterocycles. The fourth-order valence-electron chi connectivity index (χ4n) is 3.08. The van der Waals surface area contributed by atoms with E-state index in [4.69, 9.17) is 0 Å². The first-order valence-electron chi connectivity index (χ1n) is 7.75. The molecule has 1 N–H and O–H groups in total. The van der Waals surface area contributed by atoms with E-state index in [9.17, 15) is 0 Å². The molecule has 0 spiro atoms. The summed E-state index contributed by atoms with van der Waals surface area (Å²) in [7, 11) is 0. The molecule has 2 aromatic carbocycles. The van der Waals surface area contributed by atoms with Gasteiger partial charge in [-0.3, -0.25) is 4.90 Å². The normalized spacial score (nSPS) is 18.2. The lowest BCUT2D eigenvalue weighted by molar-refractivity contribution is 0.177. The molecule has 1 atom stereocenters. The van der Waals surface area contributed by atoms with Crippen LogP contribution >= 0.6 is 0 Å². The highest BCUT2D eigenvalue weighted by Crippen LogP contribution is 2.18. The van der Waals surface area contributed by atoms with Gasteiger partial charge in [0.15, 0.2) is 0 Å². The summed E-state index contributed by atoms with van der Waals surface area (Å²) in [4.78, 5) is 2.61. The van der Waals surface area contributed by atoms with Crippen molar-refractivity contribution < 1.29 is 0 Å². The SMILES string of the molecule is CC(CCc1ccc2ccccc2c1)N1CCNCC1. The highest BCUT2D eigenvalue weighted by molar-refractivity contribution is 5.82. The second-order valence-corrected chi connectivity index (χ2v) is 5.86. The van der Waals surface area contributed by atoms with E-state index < -0.39 is 0 Å². The molecular formula is C18H24N2. The van der Waals surface area contributed by atoms with Crippen LogP contribution in [0.1, 0.15) is 18.9 Å². The van der Waals surface area contributed by atoms with Gasteiger partial charge in [0.25, 0.3) is 0 Å². The number of piperazine rings is 1. The zero-order chi connectivity index (χ0) is 13.8. The van der Waals surface area contributed by atoms with Gasteiger partial charge in [0.2, 0.25) is 0 Å². The molecule has 1 saturated heterocycles. The summed E-state index contributed by atoms with van der Waals surface area (Å²) in [6, 6.07) is 16.2. The van der Waals surface area contributed by atoms with Crippen LogP contribution in [0.3, 0.4) is 0 Å². The van der Waals surface area contributed by atoms with Crippen LogP contribution in [0.15, 0.2) is 42.5 Å². The Bertz CT molecular complexity index is 558. The number of benzene rings is 2. The van der Waals surface area contributed by atoms with E-state index in [1.165, 1.54) is 42.3 Å². The zero-order valence-corrected chi connectivity index (χ0v) is 12.3. The monoisotopic (exact) mass is 268 g/mol. The molecule has 0 aliphatic carbocycles. The molecule has 1 aliphatic rings. The molecule has 1 heterocycles. The van der Waals surface area contributed by atoms with Gasteiger partial charge in [-0.2, -0.15) is 0 Å². The Morgan fingerprint density at radius 3 is 2.60 bits per heavy atom. The van der Waals surface area contributed by atoms with Gasteiger partial charge in [-0.15, -0.1) is 0 Å². The van der Waals surface area contributed by atoms with Crippen LogP contribution in [0.4, 0.5) is 0 Å². The van der Waals surface area contributed by atoms with E-state index in [1.54, 1.807) is 0 Å². The lowest BCUT2D eigenvalue weighted by Gasteiger charge is -2.32. The van der Waals surface area contributed by atoms with Crippen molar-refractivity contribution in [2.45, 2.75) is 25.8 Å². The van der Waals surface area contributed by atoms with Crippen LogP contribution in [0.2, 0.25) is 0 Å². The van der Waals surface area contributed by atoms with E-state index in [0.29, 0.717) is 6.04 Å². The summed E-state index contributed by atoms with van der Waals surface area (Å²) in [5.41, 5.74) is 1.46. The molecule has 0 bridgehead atoms. The molecule has 1 fully saturated rings. The average Bonchev–Trinajstić information content (AvgIpc) is 2.53. The van der Waals surface area contributed by atoms with Gasteiger partial charge >= 0.3 is 0 Å². The Morgan fingerprint density at radius 1 is 1.05 bits per heavy atom. The van der Waals surface area contributed by atoms with Crippen molar-refractivity contribution >= 4 is 10.8 Å². The Hall–Kier alpha value is -1.38. The molecule has 20 heavy (non-hydrogen) atoms. The van der Waals surface area contributed by atoms with Gasteiger partial charge < -0.3 is 5.32 Å². The number of nitrogens with one attached hydrogen (secondary N) is 1. The predicted octanol–water partition coefficient (Wildman–Crippen LogP) is 3.07. The predicted molar refractivity (Wildman–Crippen MR) is 86.2 cm³/mol. The molecule has 2 heteroatoms. The second-order valence-electron chi connectivity index (χ2n) is 5.86. The summed E-state index contributed by atoms with van der Waals surface area (Å²) in [5, 5.41) is 6.12. The third-order valence-corrected chi connectivity index (χ3v) is 4.44. The maximum absolute atomic E-state index is 3.42. The van der Waals surface area contributed by atoms with Crippen molar-refractivity contribution in [1.29, 1.82) is 0 Å². The minimum Gasteiger partial charge on any atom is -0.314 e. The highest BCUT2D eigenvalue weighted by Gasteiger charge is 2.15. The average molecular weight is 268 g/mol. The van der Waals surface area contributed by atoms with Crippen molar-refractivity contribution in [3.8, 4) is 0 Å². The van der Waals surface area contributed by atoms with Crippen LogP contribution in [0, 0.1) is 0 Å². The molecule has 1 unspecified atom stereocenters. The first-order chi connectivity index (χ1) is 9.83. The van der Waals surface area contributed by atoms with Crippen molar-refractivity contribution in [1.82, 2.24) is 10.2 Å². The Balaban J connectivity index is 1.61. The standard InChI is InChI=1S/C18H24N2/c1-15(20-12-10-19-11-13-20)6-7-16-8-9-17-4-2-3-5-18(17)14-16/h2-5,8-9,14-15,19H,6-7,10-13H2,1H3. The van der Waals surface area contributed by atoms with Gasteiger partial charge in [-0.05, 0) is 36.1 Å². The van der Waals surface area contributed by atoms with Crippen molar-refractivity contribution in [2.24, 2.45) is 0 Å². The van der Waals surface area contributed by atoms with E-state index in [2.05, 4.69) is 59.6 Å². The van der Waals surface area contributed by atoms with Gasteiger partial charge in [-0.1, -0.05) is 42.5 Å². The van der Waals surface area contributed by atoms with Crippen LogP contribution in [-0.4, -0.2) is 37.1 Å². The lowest BCUT2D eigenvalue weighted by atomic mass is 10.0. The first kappa shape index (κ1) is 13.6. The summed E-state index contributed by atoms with van der Waals surface area (Å²) in [6.45, 7) is 7.03. The summed E-state index contributed by atoms with van der Waals surface area (Å²) in [5.74, 6) is 0. The van der Waals surface area contributed by atoms with E-state index in [-0.39, 0.29) is 0 Å². The molecule has 1 aliphatic heterocycles. The molecule has 0 amide bonds. The fourth-order valence-corrected chi connectivity index (χ4v) is 3.08. The topological polar surface area (TPSA) is 15.3 Å². The number of fused-ring (bicyclic) bond motifs is 1. The first-order valence-corrected chi connectivity index (χ1v) is 7.75. The molecule has 2 nitrogen and oxygen atoms in total. The molecule has 0 radical (unpaired) electrons. The van der Waals surface area contributed by atoms with Crippen LogP contribution in [-0.2, 0) is 6.42 Å². The van der Waals surface area contributed by atoms with E-state index >= 15 is 0 Å². The minimum absolute atomic E-state index is 0.684. The van der Waals surface area contributed by atoms with Gasteiger partial charge in [0, 0.05) is 32.2 Å². The van der Waals surface area contributed by atoms with Gasteiger partial charge in [0.1, 0.15) is 0 Å². The lowest BCUT2D eigenvalue weighted by Crippen LogP contribution is -2.47. The quantitative estimate of drug-likeness (QED) is 0.917. The maximum atomic E-state index is 3.42. The molecule has 3 rings (SSSR count). The number of rotatable bonds is 4. The van der Waals surface area contributed by atoms with Crippen molar-refractivity contribution in [2.75, 3.05) is 26.2 Å². The zero-order valence-electron chi connectivity index (χ0n) is 12.3. The molecule has 2 aromatic rings. The van der Waals surface area contributed by atoms with Crippen LogP contribution in [0.5, 0.6) is 0 Å². The van der Waals surface area contributed by atoms with Crippen molar-refractivity contribution in [3.63, 3.8) is 0 Å². The number of hydrogen-bond donors (Lipinski definition) is 1. The number of aryl methyl sites for hydroxylation is 1. The third-order valence-electron chi connectivity index (χ3n) is 4.44. The smallest absolute Gasteiger partial charge is 0.0110 e. The second kappa shape index (κ2) is 6.38. The van der Waals surface area contributed by atoms with Crippen LogP contribution < -0.4 is 5.32 Å². The molecule has 106 valence electrons. The Morgan fingerprint density at radius 2 is 1.80 bits per heavy atom. The van der Waals surface area contributed by atoms with Crippen LogP contribution in [0.25, 0.3) is 10.8 Å². The molecule has 0 saturated carbocycles. The summed E-state index contributed by atoms with van der Waals surface area (Å²) >= 11 is 0. The van der Waals surface area contributed by atoms with Gasteiger partial charge in [0.05, 0.1) is 0 Å². The fraction of sp³-hybridized carbons (Fsp3) is 0.444. The Kier molecular flexibility index (Phi) is 4.34. The van der Waals surface area contributed by atoms with E-state index in [0.717, 1.165) is 13.1 Å². The summed E-state index contributed by atoms with van der Waals surface area (Å²) in [6.07, 6.45) is 2.42. The summed E-state index contributed by atoms with van der Waals surface area (Å²) < 4.78 is 0. The molecular weight excluding hydrogens is 244 g/mol. The highest BCUT2D eigenvalue weighted by atomic mass is 15.2. The Labute approximate surface area is 121 Å². The van der Waals surface area contributed by atoms with Crippen molar-refractivity contribution in [3.05, 3.63) is 48.0 Å².